The number of benzene rings is 1. The van der Waals surface area contributed by atoms with Crippen LogP contribution >= 0.6 is 11.8 Å². The van der Waals surface area contributed by atoms with Crippen molar-refractivity contribution in [3.8, 4) is 0 Å². The number of aromatic nitrogens is 1. The topological polar surface area (TPSA) is 45.2 Å². The molecule has 21 heavy (non-hydrogen) atoms. The molecule has 1 heterocycles. The van der Waals surface area contributed by atoms with Gasteiger partial charge in [0.15, 0.2) is 0 Å². The molecule has 2 rings (SSSR count). The summed E-state index contributed by atoms with van der Waals surface area (Å²) >= 11 is 1.63. The first-order valence-electron chi connectivity index (χ1n) is 6.50. The molecular formula is C15H16F2N2OS. The van der Waals surface area contributed by atoms with E-state index in [0.29, 0.717) is 17.1 Å². The van der Waals surface area contributed by atoms with Crippen molar-refractivity contribution < 1.29 is 13.9 Å². The summed E-state index contributed by atoms with van der Waals surface area (Å²) < 4.78 is 26.3. The second kappa shape index (κ2) is 7.95. The number of thioether (sulfide) groups is 1. The van der Waals surface area contributed by atoms with Crippen molar-refractivity contribution in [1.82, 2.24) is 4.98 Å². The van der Waals surface area contributed by atoms with Crippen LogP contribution in [0, 0.1) is 11.6 Å². The van der Waals surface area contributed by atoms with Crippen molar-refractivity contribution in [3.05, 3.63) is 59.3 Å². The number of nitrogens with one attached hydrogen (secondary N) is 1. The number of hydrogen-bond acceptors (Lipinski definition) is 4. The molecule has 1 aromatic carbocycles. The quantitative estimate of drug-likeness (QED) is 0.771. The Hall–Kier alpha value is -1.66. The van der Waals surface area contributed by atoms with Crippen LogP contribution in [-0.2, 0) is 12.3 Å². The molecular weight excluding hydrogens is 294 g/mol. The van der Waals surface area contributed by atoms with Gasteiger partial charge in [0, 0.05) is 35.9 Å². The normalized spacial score (nSPS) is 10.6. The van der Waals surface area contributed by atoms with E-state index in [1.54, 1.807) is 18.0 Å². The van der Waals surface area contributed by atoms with Gasteiger partial charge in [-0.2, -0.15) is 11.8 Å². The van der Waals surface area contributed by atoms with E-state index < -0.39 is 11.6 Å². The smallest absolute Gasteiger partial charge is 0.131 e. The monoisotopic (exact) mass is 310 g/mol. The number of nitrogens with zero attached hydrogens (tertiary/aromatic N) is 1. The van der Waals surface area contributed by atoms with Gasteiger partial charge >= 0.3 is 0 Å². The third-order valence-corrected chi connectivity index (χ3v) is 3.81. The first-order valence-corrected chi connectivity index (χ1v) is 7.66. The molecule has 0 radical (unpaired) electrons. The maximum atomic E-state index is 13.5. The van der Waals surface area contributed by atoms with E-state index in [1.165, 1.54) is 12.1 Å². The van der Waals surface area contributed by atoms with Gasteiger partial charge in [-0.05, 0) is 23.8 Å². The number of halogens is 2. The van der Waals surface area contributed by atoms with Crippen LogP contribution in [0.2, 0.25) is 0 Å². The first-order chi connectivity index (χ1) is 10.2. The van der Waals surface area contributed by atoms with E-state index in [2.05, 4.69) is 10.3 Å². The van der Waals surface area contributed by atoms with Crippen LogP contribution in [0.3, 0.4) is 0 Å². The van der Waals surface area contributed by atoms with E-state index >= 15 is 0 Å². The number of pyridine rings is 1. The second-order valence-electron chi connectivity index (χ2n) is 4.41. The van der Waals surface area contributed by atoms with E-state index in [1.807, 2.05) is 12.1 Å². The fourth-order valence-corrected chi connectivity index (χ4v) is 2.45. The van der Waals surface area contributed by atoms with E-state index in [4.69, 9.17) is 5.11 Å². The van der Waals surface area contributed by atoms with Gasteiger partial charge in [0.1, 0.15) is 17.5 Å². The number of aliphatic hydroxyl groups excluding tert-OH is 1. The van der Waals surface area contributed by atoms with E-state index in [-0.39, 0.29) is 13.2 Å². The molecule has 6 heteroatoms. The summed E-state index contributed by atoms with van der Waals surface area (Å²) in [5, 5.41) is 11.8. The molecule has 0 saturated carbocycles. The number of hydrogen-bond donors (Lipinski definition) is 2. The maximum Gasteiger partial charge on any atom is 0.131 e. The number of aliphatic hydroxyl groups is 1. The molecule has 0 saturated heterocycles. The minimum absolute atomic E-state index is 0.157. The van der Waals surface area contributed by atoms with Crippen LogP contribution in [0.5, 0.6) is 0 Å². The lowest BCUT2D eigenvalue weighted by molar-refractivity contribution is 0.322. The summed E-state index contributed by atoms with van der Waals surface area (Å²) in [7, 11) is 0. The van der Waals surface area contributed by atoms with Crippen molar-refractivity contribution in [3.63, 3.8) is 0 Å². The van der Waals surface area contributed by atoms with Crippen molar-refractivity contribution in [2.45, 2.75) is 12.3 Å². The van der Waals surface area contributed by atoms with Gasteiger partial charge in [0.2, 0.25) is 0 Å². The zero-order valence-electron chi connectivity index (χ0n) is 11.4. The predicted molar refractivity (Wildman–Crippen MR) is 81.2 cm³/mol. The lowest BCUT2D eigenvalue weighted by Gasteiger charge is -2.08. The molecule has 112 valence electrons. The third kappa shape index (κ3) is 4.99. The largest absolute Gasteiger partial charge is 0.396 e. The second-order valence-corrected chi connectivity index (χ2v) is 5.52. The molecule has 0 aliphatic heterocycles. The molecule has 0 bridgehead atoms. The minimum atomic E-state index is -0.586. The summed E-state index contributed by atoms with van der Waals surface area (Å²) in [5.74, 6) is 0.949. The zero-order valence-corrected chi connectivity index (χ0v) is 12.2. The Morgan fingerprint density at radius 3 is 2.81 bits per heavy atom. The highest BCUT2D eigenvalue weighted by atomic mass is 32.2. The zero-order chi connectivity index (χ0) is 15.1. The molecule has 0 unspecified atom stereocenters. The van der Waals surface area contributed by atoms with Gasteiger partial charge in [0.25, 0.3) is 0 Å². The van der Waals surface area contributed by atoms with Crippen LogP contribution in [-0.4, -0.2) is 22.5 Å². The lowest BCUT2D eigenvalue weighted by Crippen LogP contribution is -2.04. The minimum Gasteiger partial charge on any atom is -0.396 e. The molecule has 0 aliphatic carbocycles. The maximum absolute atomic E-state index is 13.5. The van der Waals surface area contributed by atoms with Crippen molar-refractivity contribution in [1.29, 1.82) is 0 Å². The first kappa shape index (κ1) is 15.7. The fraction of sp³-hybridized carbons (Fsp3) is 0.267. The van der Waals surface area contributed by atoms with Crippen molar-refractivity contribution in [2.24, 2.45) is 0 Å². The highest BCUT2D eigenvalue weighted by molar-refractivity contribution is 7.98. The molecule has 3 nitrogen and oxygen atoms in total. The Balaban J connectivity index is 1.95. The van der Waals surface area contributed by atoms with Gasteiger partial charge in [-0.25, -0.2) is 13.8 Å². The van der Waals surface area contributed by atoms with Gasteiger partial charge in [-0.15, -0.1) is 0 Å². The summed E-state index contributed by atoms with van der Waals surface area (Å²) in [6, 6.07) is 7.29. The Morgan fingerprint density at radius 1 is 1.19 bits per heavy atom. The van der Waals surface area contributed by atoms with E-state index in [0.717, 1.165) is 17.4 Å². The molecule has 0 aliphatic rings. The van der Waals surface area contributed by atoms with Crippen molar-refractivity contribution >= 4 is 17.6 Å². The highest BCUT2D eigenvalue weighted by Crippen LogP contribution is 2.16. The van der Waals surface area contributed by atoms with Crippen LogP contribution in [0.4, 0.5) is 14.6 Å². The van der Waals surface area contributed by atoms with E-state index in [9.17, 15) is 8.78 Å². The van der Waals surface area contributed by atoms with Gasteiger partial charge in [-0.3, -0.25) is 0 Å². The standard InChI is InChI=1S/C15H16F2N2OS/c16-13-2-1-12(14(17)8-13)9-19-15-7-11(3-4-18-15)10-21-6-5-20/h1-4,7-8,20H,5-6,9-10H2,(H,18,19). The summed E-state index contributed by atoms with van der Waals surface area (Å²) in [5.41, 5.74) is 1.46. The lowest BCUT2D eigenvalue weighted by atomic mass is 10.2. The van der Waals surface area contributed by atoms with Gasteiger partial charge in [-0.1, -0.05) is 6.07 Å². The average Bonchev–Trinajstić information content (AvgIpc) is 2.47. The molecule has 0 amide bonds. The summed E-state index contributed by atoms with van der Waals surface area (Å²) in [4.78, 5) is 4.16. The highest BCUT2D eigenvalue weighted by Gasteiger charge is 2.04. The Morgan fingerprint density at radius 2 is 2.05 bits per heavy atom. The molecule has 1 aromatic heterocycles. The van der Waals surface area contributed by atoms with Gasteiger partial charge in [0.05, 0.1) is 6.61 Å². The van der Waals surface area contributed by atoms with Crippen LogP contribution in [0.15, 0.2) is 36.5 Å². The molecule has 2 aromatic rings. The van der Waals surface area contributed by atoms with Crippen LogP contribution in [0.25, 0.3) is 0 Å². The van der Waals surface area contributed by atoms with Gasteiger partial charge < -0.3 is 10.4 Å². The Kier molecular flexibility index (Phi) is 5.95. The predicted octanol–water partition coefficient (Wildman–Crippen LogP) is 3.20. The van der Waals surface area contributed by atoms with Crippen LogP contribution < -0.4 is 5.32 Å². The summed E-state index contributed by atoms with van der Waals surface area (Å²) in [6.45, 7) is 0.400. The summed E-state index contributed by atoms with van der Waals surface area (Å²) in [6.07, 6.45) is 1.68. The number of rotatable bonds is 7. The van der Waals surface area contributed by atoms with Crippen molar-refractivity contribution in [2.75, 3.05) is 17.7 Å². The SMILES string of the molecule is OCCSCc1ccnc(NCc2ccc(F)cc2F)c1. The number of anilines is 1. The molecule has 0 atom stereocenters. The molecule has 0 spiro atoms. The Labute approximate surface area is 126 Å². The average molecular weight is 310 g/mol. The fourth-order valence-electron chi connectivity index (χ4n) is 1.77. The molecule has 0 fully saturated rings. The van der Waals surface area contributed by atoms with Crippen LogP contribution in [0.1, 0.15) is 11.1 Å². The Bertz CT molecular complexity index is 596. The molecule has 2 N–H and O–H groups in total. The third-order valence-electron chi connectivity index (χ3n) is 2.80.